The van der Waals surface area contributed by atoms with Crippen molar-refractivity contribution in [3.63, 3.8) is 0 Å². The molecule has 0 aliphatic carbocycles. The van der Waals surface area contributed by atoms with Gasteiger partial charge in [-0.1, -0.05) is 6.92 Å². The molecule has 0 amide bonds. The number of hydrogen-bond donors (Lipinski definition) is 1. The van der Waals surface area contributed by atoms with E-state index < -0.39 is 0 Å². The van der Waals surface area contributed by atoms with Gasteiger partial charge in [-0.05, 0) is 53.0 Å². The van der Waals surface area contributed by atoms with Crippen molar-refractivity contribution in [2.45, 2.75) is 72.6 Å². The smallest absolute Gasteiger partial charge is 0.118 e. The number of likely N-dealkylation sites (tertiary alicyclic amines) is 1. The van der Waals surface area contributed by atoms with Crippen LogP contribution >= 0.6 is 0 Å². The number of nitrogens with one attached hydrogen (secondary N) is 1. The second-order valence-electron chi connectivity index (χ2n) is 7.52. The normalized spacial score (nSPS) is 24.5. The summed E-state index contributed by atoms with van der Waals surface area (Å²) in [7, 11) is 0. The Labute approximate surface area is 123 Å². The van der Waals surface area contributed by atoms with Crippen LogP contribution in [0, 0.1) is 12.8 Å². The van der Waals surface area contributed by atoms with Crippen molar-refractivity contribution in [2.24, 2.45) is 5.92 Å². The summed E-state index contributed by atoms with van der Waals surface area (Å²) in [6.45, 7) is 16.3. The van der Waals surface area contributed by atoms with Crippen molar-refractivity contribution in [3.05, 3.63) is 23.2 Å². The molecule has 1 N–H and O–H groups in total. The Balaban J connectivity index is 1.97. The van der Waals surface area contributed by atoms with Gasteiger partial charge in [-0.15, -0.1) is 0 Å². The van der Waals surface area contributed by atoms with Gasteiger partial charge in [0, 0.05) is 30.2 Å². The maximum absolute atomic E-state index is 5.94. The van der Waals surface area contributed by atoms with E-state index in [1.54, 1.807) is 0 Å². The molecule has 2 unspecified atom stereocenters. The Morgan fingerprint density at radius 3 is 2.60 bits per heavy atom. The second kappa shape index (κ2) is 5.90. The van der Waals surface area contributed by atoms with Crippen LogP contribution in [0.3, 0.4) is 0 Å². The number of rotatable bonds is 4. The van der Waals surface area contributed by atoms with E-state index in [0.29, 0.717) is 6.04 Å². The lowest BCUT2D eigenvalue weighted by atomic mass is 10.1. The van der Waals surface area contributed by atoms with E-state index >= 15 is 0 Å². The molecule has 0 radical (unpaired) electrons. The molecule has 0 bridgehead atoms. The van der Waals surface area contributed by atoms with E-state index in [4.69, 9.17) is 4.42 Å². The van der Waals surface area contributed by atoms with Crippen LogP contribution in [0.15, 0.2) is 10.5 Å². The molecule has 2 heterocycles. The second-order valence-corrected chi connectivity index (χ2v) is 7.52. The van der Waals surface area contributed by atoms with Crippen molar-refractivity contribution >= 4 is 0 Å². The molecular formula is C17H30N2O. The molecule has 1 fully saturated rings. The third kappa shape index (κ3) is 4.10. The van der Waals surface area contributed by atoms with E-state index in [1.165, 1.54) is 18.5 Å². The van der Waals surface area contributed by atoms with Gasteiger partial charge in [0.2, 0.25) is 0 Å². The summed E-state index contributed by atoms with van der Waals surface area (Å²) in [4.78, 5) is 2.53. The quantitative estimate of drug-likeness (QED) is 0.910. The lowest BCUT2D eigenvalue weighted by Crippen LogP contribution is -2.35. The highest BCUT2D eigenvalue weighted by Gasteiger charge is 2.27. The standard InChI is InChI=1S/C17H30N2O/c1-12-7-13(2)19(10-12)11-16-8-15(14(3)20-16)9-18-17(4,5)6/h8,12-13,18H,7,9-11H2,1-6H3. The van der Waals surface area contributed by atoms with Gasteiger partial charge in [0.15, 0.2) is 0 Å². The monoisotopic (exact) mass is 278 g/mol. The molecule has 3 heteroatoms. The van der Waals surface area contributed by atoms with Crippen molar-refractivity contribution in [1.82, 2.24) is 10.2 Å². The molecule has 1 aromatic rings. The summed E-state index contributed by atoms with van der Waals surface area (Å²) < 4.78 is 5.94. The van der Waals surface area contributed by atoms with Crippen molar-refractivity contribution in [3.8, 4) is 0 Å². The summed E-state index contributed by atoms with van der Waals surface area (Å²) in [5.41, 5.74) is 1.43. The zero-order valence-electron chi connectivity index (χ0n) is 13.9. The Morgan fingerprint density at radius 2 is 2.05 bits per heavy atom. The minimum Gasteiger partial charge on any atom is -0.465 e. The van der Waals surface area contributed by atoms with E-state index in [-0.39, 0.29) is 5.54 Å². The molecule has 114 valence electrons. The molecule has 1 saturated heterocycles. The summed E-state index contributed by atoms with van der Waals surface area (Å²) in [6, 6.07) is 2.90. The molecule has 0 aromatic carbocycles. The van der Waals surface area contributed by atoms with Crippen molar-refractivity contribution in [1.29, 1.82) is 0 Å². The Morgan fingerprint density at radius 1 is 1.35 bits per heavy atom. The average molecular weight is 278 g/mol. The van der Waals surface area contributed by atoms with E-state index in [0.717, 1.165) is 30.5 Å². The van der Waals surface area contributed by atoms with Crippen LogP contribution in [0.2, 0.25) is 0 Å². The minimum absolute atomic E-state index is 0.142. The zero-order chi connectivity index (χ0) is 14.9. The van der Waals surface area contributed by atoms with Crippen LogP contribution in [0.1, 0.15) is 58.1 Å². The van der Waals surface area contributed by atoms with Gasteiger partial charge in [-0.3, -0.25) is 4.90 Å². The molecule has 1 aromatic heterocycles. The van der Waals surface area contributed by atoms with Gasteiger partial charge in [0.25, 0.3) is 0 Å². The van der Waals surface area contributed by atoms with Gasteiger partial charge in [0.1, 0.15) is 11.5 Å². The van der Waals surface area contributed by atoms with Crippen LogP contribution in [0.4, 0.5) is 0 Å². The molecule has 0 spiro atoms. The number of nitrogens with zero attached hydrogens (tertiary/aromatic N) is 1. The van der Waals surface area contributed by atoms with Gasteiger partial charge in [-0.25, -0.2) is 0 Å². The highest BCUT2D eigenvalue weighted by Crippen LogP contribution is 2.25. The zero-order valence-corrected chi connectivity index (χ0v) is 13.9. The third-order valence-corrected chi connectivity index (χ3v) is 4.15. The van der Waals surface area contributed by atoms with E-state index in [9.17, 15) is 0 Å². The minimum atomic E-state index is 0.142. The largest absolute Gasteiger partial charge is 0.465 e. The first-order chi connectivity index (χ1) is 9.24. The Kier molecular flexibility index (Phi) is 4.60. The summed E-state index contributed by atoms with van der Waals surface area (Å²) >= 11 is 0. The lowest BCUT2D eigenvalue weighted by molar-refractivity contribution is 0.234. The summed E-state index contributed by atoms with van der Waals surface area (Å²) in [5, 5.41) is 3.53. The molecule has 1 aliphatic rings. The maximum Gasteiger partial charge on any atom is 0.118 e. The first-order valence-corrected chi connectivity index (χ1v) is 7.82. The molecule has 20 heavy (non-hydrogen) atoms. The van der Waals surface area contributed by atoms with Crippen LogP contribution in [0.25, 0.3) is 0 Å². The summed E-state index contributed by atoms with van der Waals surface area (Å²) in [5.74, 6) is 2.97. The summed E-state index contributed by atoms with van der Waals surface area (Å²) in [6.07, 6.45) is 1.30. The number of furan rings is 1. The topological polar surface area (TPSA) is 28.4 Å². The van der Waals surface area contributed by atoms with Crippen LogP contribution < -0.4 is 5.32 Å². The fourth-order valence-electron chi connectivity index (χ4n) is 3.01. The van der Waals surface area contributed by atoms with Gasteiger partial charge >= 0.3 is 0 Å². The number of hydrogen-bond acceptors (Lipinski definition) is 3. The Bertz CT molecular complexity index is 444. The highest BCUT2D eigenvalue weighted by molar-refractivity contribution is 5.21. The van der Waals surface area contributed by atoms with Crippen LogP contribution in [0.5, 0.6) is 0 Å². The van der Waals surface area contributed by atoms with Crippen molar-refractivity contribution < 1.29 is 4.42 Å². The lowest BCUT2D eigenvalue weighted by Gasteiger charge is -2.20. The predicted octanol–water partition coefficient (Wildman–Crippen LogP) is 3.71. The van der Waals surface area contributed by atoms with Gasteiger partial charge in [-0.2, -0.15) is 0 Å². The molecule has 0 saturated carbocycles. The third-order valence-electron chi connectivity index (χ3n) is 4.15. The molecule has 2 atom stereocenters. The molecule has 1 aliphatic heterocycles. The van der Waals surface area contributed by atoms with Crippen LogP contribution in [-0.2, 0) is 13.1 Å². The molecule has 2 rings (SSSR count). The number of aryl methyl sites for hydroxylation is 1. The first-order valence-electron chi connectivity index (χ1n) is 7.82. The predicted molar refractivity (Wildman–Crippen MR) is 83.7 cm³/mol. The fourth-order valence-corrected chi connectivity index (χ4v) is 3.01. The van der Waals surface area contributed by atoms with Crippen LogP contribution in [-0.4, -0.2) is 23.0 Å². The average Bonchev–Trinajstić information content (AvgIpc) is 2.79. The Hall–Kier alpha value is -0.800. The van der Waals surface area contributed by atoms with Gasteiger partial charge < -0.3 is 9.73 Å². The fraction of sp³-hybridized carbons (Fsp3) is 0.765. The first kappa shape index (κ1) is 15.6. The van der Waals surface area contributed by atoms with E-state index in [2.05, 4.69) is 57.8 Å². The SMILES string of the molecule is Cc1oc(CN2CC(C)CC2C)cc1CNC(C)(C)C. The van der Waals surface area contributed by atoms with Crippen molar-refractivity contribution in [2.75, 3.05) is 6.54 Å². The van der Waals surface area contributed by atoms with E-state index in [1.807, 2.05) is 0 Å². The van der Waals surface area contributed by atoms with Gasteiger partial charge in [0.05, 0.1) is 6.54 Å². The maximum atomic E-state index is 5.94. The highest BCUT2D eigenvalue weighted by atomic mass is 16.3. The molecular weight excluding hydrogens is 248 g/mol. The molecule has 3 nitrogen and oxygen atoms in total.